The molecule has 11 N–H and O–H groups in total. The summed E-state index contributed by atoms with van der Waals surface area (Å²) in [7, 11) is 0. The van der Waals surface area contributed by atoms with Crippen LogP contribution in [0.1, 0.15) is 17.2 Å². The van der Waals surface area contributed by atoms with Crippen LogP contribution in [0.15, 0.2) is 36.1 Å². The zero-order chi connectivity index (χ0) is 29.6. The second kappa shape index (κ2) is 11.5. The lowest BCUT2D eigenvalue weighted by Crippen LogP contribution is -2.63. The van der Waals surface area contributed by atoms with E-state index in [-0.39, 0.29) is 34.1 Å². The van der Waals surface area contributed by atoms with Crippen LogP contribution < -0.4 is 0 Å². The lowest BCUT2D eigenvalue weighted by atomic mass is 9.98. The number of phenolic OH excluding ortho intramolecular Hbond substituents is 4. The Morgan fingerprint density at radius 3 is 2.29 bits per heavy atom. The first kappa shape index (κ1) is 29.1. The predicted molar refractivity (Wildman–Crippen MR) is 133 cm³/mol. The Labute approximate surface area is 231 Å². The Morgan fingerprint density at radius 1 is 0.829 bits per heavy atom. The van der Waals surface area contributed by atoms with Gasteiger partial charge in [-0.1, -0.05) is 0 Å². The van der Waals surface area contributed by atoms with Crippen molar-refractivity contribution in [1.82, 2.24) is 0 Å². The topological polar surface area (TPSA) is 252 Å². The van der Waals surface area contributed by atoms with E-state index in [1.807, 2.05) is 0 Å². The average Bonchev–Trinajstić information content (AvgIpc) is 2.94. The van der Waals surface area contributed by atoms with E-state index >= 15 is 0 Å². The highest BCUT2D eigenvalue weighted by atomic mass is 16.8. The third kappa shape index (κ3) is 5.59. The van der Waals surface area contributed by atoms with Gasteiger partial charge in [0.1, 0.15) is 53.7 Å². The Hall–Kier alpha value is -3.38. The summed E-state index contributed by atoms with van der Waals surface area (Å²) in [5.74, 6) is -1.41. The molecule has 41 heavy (non-hydrogen) atoms. The van der Waals surface area contributed by atoms with Gasteiger partial charge in [0, 0.05) is 12.1 Å². The van der Waals surface area contributed by atoms with Crippen LogP contribution in [0.2, 0.25) is 0 Å². The molecule has 3 heterocycles. The number of rotatable bonds is 6. The number of phenols is 4. The van der Waals surface area contributed by atoms with Crippen molar-refractivity contribution >= 4 is 6.08 Å². The molecule has 0 aliphatic carbocycles. The van der Waals surface area contributed by atoms with Crippen molar-refractivity contribution < 1.29 is 74.7 Å². The molecule has 2 aromatic carbocycles. The quantitative estimate of drug-likeness (QED) is 0.132. The molecular formula is C26H31O15+. The smallest absolute Gasteiger partial charge is 0.270 e. The normalized spacial score (nSPS) is 35.2. The van der Waals surface area contributed by atoms with Gasteiger partial charge in [-0.15, -0.1) is 0 Å². The van der Waals surface area contributed by atoms with Gasteiger partial charge in [0.15, 0.2) is 29.7 Å². The molecule has 224 valence electrons. The van der Waals surface area contributed by atoms with E-state index < -0.39 is 86.1 Å². The molecular weight excluding hydrogens is 552 g/mol. The van der Waals surface area contributed by atoms with E-state index in [0.717, 1.165) is 6.07 Å². The fraction of sp³-hybridized carbons (Fsp3) is 0.462. The van der Waals surface area contributed by atoms with Gasteiger partial charge in [0.05, 0.1) is 24.8 Å². The van der Waals surface area contributed by atoms with E-state index in [1.165, 1.54) is 30.3 Å². The molecule has 15 heteroatoms. The summed E-state index contributed by atoms with van der Waals surface area (Å²) in [6.45, 7) is -1.15. The summed E-state index contributed by atoms with van der Waals surface area (Å²) in [5, 5.41) is 102. The first-order valence-electron chi connectivity index (χ1n) is 12.6. The number of aromatic hydroxyl groups is 5. The molecule has 0 spiro atoms. The summed E-state index contributed by atoms with van der Waals surface area (Å²) in [6, 6.07) is 6.19. The summed E-state index contributed by atoms with van der Waals surface area (Å²) >= 11 is 0. The molecule has 15 nitrogen and oxygen atoms in total. The largest absolute Gasteiger partial charge is 0.571 e. The van der Waals surface area contributed by atoms with Gasteiger partial charge < -0.3 is 74.7 Å². The van der Waals surface area contributed by atoms with E-state index in [2.05, 4.69) is 4.74 Å². The van der Waals surface area contributed by atoms with E-state index in [1.54, 1.807) is 0 Å². The number of benzene rings is 2. The van der Waals surface area contributed by atoms with Crippen LogP contribution >= 0.6 is 0 Å². The van der Waals surface area contributed by atoms with Crippen molar-refractivity contribution in [2.75, 3.05) is 13.2 Å². The van der Waals surface area contributed by atoms with Crippen molar-refractivity contribution in [3.63, 3.8) is 0 Å². The van der Waals surface area contributed by atoms with Crippen molar-refractivity contribution in [1.29, 1.82) is 0 Å². The summed E-state index contributed by atoms with van der Waals surface area (Å²) in [6.07, 6.45) is -14.2. The minimum atomic E-state index is -1.78. The molecule has 3 aliphatic heterocycles. The molecule has 0 bridgehead atoms. The lowest BCUT2D eigenvalue weighted by molar-refractivity contribution is -0.353. The molecule has 2 aromatic rings. The zero-order valence-electron chi connectivity index (χ0n) is 21.2. The Kier molecular flexibility index (Phi) is 8.15. The summed E-state index contributed by atoms with van der Waals surface area (Å²) in [5.41, 5.74) is 0.420. The molecule has 5 rings (SSSR count). The number of ether oxygens (including phenoxy) is 5. The van der Waals surface area contributed by atoms with Crippen LogP contribution in [0.25, 0.3) is 6.08 Å². The Bertz CT molecular complexity index is 1280. The van der Waals surface area contributed by atoms with Gasteiger partial charge in [-0.2, -0.15) is 0 Å². The van der Waals surface area contributed by atoms with Crippen LogP contribution in [0.5, 0.6) is 28.7 Å². The van der Waals surface area contributed by atoms with Crippen molar-refractivity contribution in [3.8, 4) is 28.7 Å². The first-order chi connectivity index (χ1) is 19.5. The minimum Gasteiger partial charge on any atom is -0.571 e. The third-order valence-electron chi connectivity index (χ3n) is 7.08. The summed E-state index contributed by atoms with van der Waals surface area (Å²) < 4.78 is 27.2. The fourth-order valence-corrected chi connectivity index (χ4v) is 4.82. The van der Waals surface area contributed by atoms with Gasteiger partial charge >= 0.3 is 0 Å². The number of aliphatic hydroxyl groups is 7. The zero-order valence-corrected chi connectivity index (χ0v) is 21.2. The van der Waals surface area contributed by atoms with Gasteiger partial charge in [-0.05, 0) is 18.2 Å². The maximum atomic E-state index is 10.9. The number of fused-ring (bicyclic) bond motifs is 1. The van der Waals surface area contributed by atoms with E-state index in [9.17, 15) is 51.1 Å². The highest BCUT2D eigenvalue weighted by molar-refractivity contribution is 5.69. The molecule has 2 fully saturated rings. The molecule has 0 saturated carbocycles. The van der Waals surface area contributed by atoms with Crippen LogP contribution in [0.3, 0.4) is 0 Å². The number of aliphatic hydroxyl groups excluding tert-OH is 6. The van der Waals surface area contributed by atoms with Gasteiger partial charge in [-0.25, -0.2) is 0 Å². The van der Waals surface area contributed by atoms with Crippen molar-refractivity contribution in [2.45, 2.75) is 61.4 Å². The van der Waals surface area contributed by atoms with Crippen LogP contribution in [0, 0.1) is 0 Å². The van der Waals surface area contributed by atoms with Crippen LogP contribution in [-0.4, -0.2) is 124 Å². The van der Waals surface area contributed by atoms with Gasteiger partial charge in [0.25, 0.3) is 11.9 Å². The third-order valence-corrected chi connectivity index (χ3v) is 7.08. The highest BCUT2D eigenvalue weighted by Gasteiger charge is 2.51. The van der Waals surface area contributed by atoms with Crippen molar-refractivity contribution in [3.05, 3.63) is 47.2 Å². The molecule has 0 amide bonds. The number of hydrogen-bond donors (Lipinski definition) is 10. The molecule has 10 atom stereocenters. The molecule has 2 saturated heterocycles. The fourth-order valence-electron chi connectivity index (χ4n) is 4.82. The SMILES string of the molecule is OC[C@@H]1O[C@@H](OC2=Cc3c(O)cc(O)cc3[OH+]C2c2ccc(O)c(O)c2)[C@H](O[C@@H]2OC[C@H](O)[C@H](O)[C@@H]2O)[C@@H](O)[C@H]1O. The monoisotopic (exact) mass is 583 g/mol. The lowest BCUT2D eigenvalue weighted by Gasteiger charge is -2.45. The average molecular weight is 584 g/mol. The van der Waals surface area contributed by atoms with Gasteiger partial charge in [-0.3, -0.25) is 0 Å². The van der Waals surface area contributed by atoms with E-state index in [0.29, 0.717) is 0 Å². The molecule has 0 aromatic heterocycles. The molecule has 0 radical (unpaired) electrons. The maximum Gasteiger partial charge on any atom is 0.270 e. The van der Waals surface area contributed by atoms with Crippen LogP contribution in [0.4, 0.5) is 0 Å². The van der Waals surface area contributed by atoms with Gasteiger partial charge in [0.2, 0.25) is 6.29 Å². The Balaban J connectivity index is 1.51. The molecule has 3 aliphatic rings. The Morgan fingerprint density at radius 2 is 1.59 bits per heavy atom. The minimum absolute atomic E-state index is 0.0528. The predicted octanol–water partition coefficient (Wildman–Crippen LogP) is -1.87. The first-order valence-corrected chi connectivity index (χ1v) is 12.6. The molecule has 1 unspecified atom stereocenters. The maximum absolute atomic E-state index is 10.9. The number of hydrogen-bond acceptors (Lipinski definition) is 14. The second-order valence-electron chi connectivity index (χ2n) is 9.90. The van der Waals surface area contributed by atoms with Crippen molar-refractivity contribution in [2.24, 2.45) is 0 Å². The highest BCUT2D eigenvalue weighted by Crippen LogP contribution is 2.46. The summed E-state index contributed by atoms with van der Waals surface area (Å²) in [4.78, 5) is 0. The van der Waals surface area contributed by atoms with E-state index in [4.69, 9.17) is 18.9 Å². The van der Waals surface area contributed by atoms with Crippen LogP contribution in [-0.2, 0) is 18.9 Å². The standard InChI is InChI=1S/C26H30O15/c27-7-18-20(34)21(35)24(41-25-22(36)19(33)15(32)8-37-25)26(40-18)39-17-6-11-13(30)4-10(28)5-16(11)38-23(17)9-1-2-12(29)14(31)3-9/h1-6,15,18-36H,7-8H2/p+1/t15-,18-,19-,20-,21-,22-,23?,24+,25-,26+/m0/s1. The second-order valence-corrected chi connectivity index (χ2v) is 9.90.